The van der Waals surface area contributed by atoms with Gasteiger partial charge in [0.2, 0.25) is 0 Å². The normalized spacial score (nSPS) is 11.3. The second kappa shape index (κ2) is 6.15. The molecule has 1 aromatic carbocycles. The van der Waals surface area contributed by atoms with E-state index in [4.69, 9.17) is 11.6 Å². The van der Waals surface area contributed by atoms with Gasteiger partial charge in [0, 0.05) is 35.4 Å². The van der Waals surface area contributed by atoms with Crippen molar-refractivity contribution in [3.63, 3.8) is 0 Å². The Labute approximate surface area is 138 Å². The smallest absolute Gasteiger partial charge is 0.261 e. The molecular formula is C17H17ClN2OS. The lowest BCUT2D eigenvalue weighted by Crippen LogP contribution is -2.21. The molecule has 3 rings (SSSR count). The molecule has 22 heavy (non-hydrogen) atoms. The average molecular weight is 333 g/mol. The Hall–Kier alpha value is -1.78. The predicted octanol–water partition coefficient (Wildman–Crippen LogP) is 4.87. The van der Waals surface area contributed by atoms with Crippen LogP contribution in [0.2, 0.25) is 5.02 Å². The number of thiophene rings is 1. The molecule has 0 saturated carbocycles. The number of carbonyl (C=O) groups is 1. The van der Waals surface area contributed by atoms with E-state index in [2.05, 4.69) is 36.1 Å². The number of halogens is 1. The van der Waals surface area contributed by atoms with E-state index in [1.54, 1.807) is 0 Å². The molecule has 1 amide bonds. The summed E-state index contributed by atoms with van der Waals surface area (Å²) < 4.78 is 3.31. The van der Waals surface area contributed by atoms with Crippen molar-refractivity contribution in [3.8, 4) is 0 Å². The zero-order valence-corrected chi connectivity index (χ0v) is 14.0. The zero-order valence-electron chi connectivity index (χ0n) is 12.5. The van der Waals surface area contributed by atoms with Crippen LogP contribution in [0, 0.1) is 0 Å². The Morgan fingerprint density at radius 3 is 2.64 bits per heavy atom. The number of carbonyl (C=O) groups excluding carboxylic acids is 1. The molecule has 0 radical (unpaired) electrons. The molecule has 1 N–H and O–H groups in total. The molecule has 3 aromatic rings. The van der Waals surface area contributed by atoms with Crippen LogP contribution < -0.4 is 5.32 Å². The van der Waals surface area contributed by atoms with Crippen LogP contribution >= 0.6 is 22.9 Å². The van der Waals surface area contributed by atoms with Crippen LogP contribution in [0.3, 0.4) is 0 Å². The fourth-order valence-electron chi connectivity index (χ4n) is 2.24. The molecule has 0 fully saturated rings. The monoisotopic (exact) mass is 332 g/mol. The molecule has 2 aromatic heterocycles. The fourth-order valence-corrected chi connectivity index (χ4v) is 3.35. The van der Waals surface area contributed by atoms with Crippen molar-refractivity contribution in [2.75, 3.05) is 0 Å². The van der Waals surface area contributed by atoms with Crippen molar-refractivity contribution in [1.29, 1.82) is 0 Å². The number of fused-ring (bicyclic) bond motifs is 1. The van der Waals surface area contributed by atoms with Gasteiger partial charge in [0.25, 0.3) is 5.91 Å². The molecule has 3 nitrogen and oxygen atoms in total. The molecule has 0 unspecified atom stereocenters. The third-order valence-corrected chi connectivity index (χ3v) is 4.87. The van der Waals surface area contributed by atoms with E-state index in [-0.39, 0.29) is 5.91 Å². The molecule has 5 heteroatoms. The lowest BCUT2D eigenvalue weighted by atomic mass is 10.2. The molecule has 2 heterocycles. The number of hydrogen-bond acceptors (Lipinski definition) is 2. The highest BCUT2D eigenvalue weighted by Gasteiger charge is 2.12. The van der Waals surface area contributed by atoms with Gasteiger partial charge in [-0.1, -0.05) is 23.7 Å². The van der Waals surface area contributed by atoms with Gasteiger partial charge < -0.3 is 9.88 Å². The van der Waals surface area contributed by atoms with E-state index in [1.807, 2.05) is 30.3 Å². The van der Waals surface area contributed by atoms with E-state index in [1.165, 1.54) is 11.3 Å². The minimum Gasteiger partial charge on any atom is -0.350 e. The summed E-state index contributed by atoms with van der Waals surface area (Å²) in [5, 5.41) is 4.76. The second-order valence-corrected chi connectivity index (χ2v) is 7.06. The van der Waals surface area contributed by atoms with Gasteiger partial charge in [0.05, 0.1) is 9.58 Å². The summed E-state index contributed by atoms with van der Waals surface area (Å²) in [5.41, 5.74) is 1.03. The van der Waals surface area contributed by atoms with Gasteiger partial charge in [0.15, 0.2) is 0 Å². The Morgan fingerprint density at radius 1 is 1.27 bits per heavy atom. The van der Waals surface area contributed by atoms with Crippen molar-refractivity contribution in [2.24, 2.45) is 0 Å². The summed E-state index contributed by atoms with van der Waals surface area (Å²) in [5.74, 6) is -0.0350. The molecule has 0 aliphatic rings. The van der Waals surface area contributed by atoms with Crippen molar-refractivity contribution < 1.29 is 4.79 Å². The van der Waals surface area contributed by atoms with Gasteiger partial charge in [-0.05, 0) is 37.6 Å². The molecule has 0 atom stereocenters. The SMILES string of the molecule is CC(C)n1cc2cc(C(=O)NCc3ccc(Cl)cc3)sc2c1. The van der Waals surface area contributed by atoms with Crippen LogP contribution in [-0.2, 0) is 6.54 Å². The maximum absolute atomic E-state index is 12.2. The summed E-state index contributed by atoms with van der Waals surface area (Å²) >= 11 is 7.38. The average Bonchev–Trinajstić information content (AvgIpc) is 3.05. The third kappa shape index (κ3) is 3.18. The van der Waals surface area contributed by atoms with Crippen molar-refractivity contribution >= 4 is 38.9 Å². The first-order valence-corrected chi connectivity index (χ1v) is 8.36. The highest BCUT2D eigenvalue weighted by molar-refractivity contribution is 7.20. The lowest BCUT2D eigenvalue weighted by molar-refractivity contribution is 0.0955. The van der Waals surface area contributed by atoms with Crippen molar-refractivity contribution in [3.05, 3.63) is 58.2 Å². The van der Waals surface area contributed by atoms with E-state index in [0.717, 1.165) is 20.5 Å². The Morgan fingerprint density at radius 2 is 2.00 bits per heavy atom. The largest absolute Gasteiger partial charge is 0.350 e. The van der Waals surface area contributed by atoms with E-state index < -0.39 is 0 Å². The highest BCUT2D eigenvalue weighted by Crippen LogP contribution is 2.28. The van der Waals surface area contributed by atoms with Gasteiger partial charge >= 0.3 is 0 Å². The quantitative estimate of drug-likeness (QED) is 0.726. The summed E-state index contributed by atoms with van der Waals surface area (Å²) in [6.07, 6.45) is 4.19. The van der Waals surface area contributed by atoms with E-state index in [0.29, 0.717) is 17.6 Å². The predicted molar refractivity (Wildman–Crippen MR) is 92.8 cm³/mol. The summed E-state index contributed by atoms with van der Waals surface area (Å²) in [7, 11) is 0. The maximum Gasteiger partial charge on any atom is 0.261 e. The van der Waals surface area contributed by atoms with Gasteiger partial charge in [-0.3, -0.25) is 4.79 Å². The first-order valence-electron chi connectivity index (χ1n) is 7.16. The van der Waals surface area contributed by atoms with E-state index >= 15 is 0 Å². The van der Waals surface area contributed by atoms with Crippen LogP contribution in [0.15, 0.2) is 42.7 Å². The maximum atomic E-state index is 12.2. The zero-order chi connectivity index (χ0) is 15.7. The van der Waals surface area contributed by atoms with Crippen LogP contribution in [0.5, 0.6) is 0 Å². The number of nitrogens with one attached hydrogen (secondary N) is 1. The number of amides is 1. The Balaban J connectivity index is 1.69. The van der Waals surface area contributed by atoms with Gasteiger partial charge in [0.1, 0.15) is 0 Å². The summed E-state index contributed by atoms with van der Waals surface area (Å²) in [6.45, 7) is 4.79. The summed E-state index contributed by atoms with van der Waals surface area (Å²) in [6, 6.07) is 9.87. The molecule has 0 aliphatic carbocycles. The highest BCUT2D eigenvalue weighted by atomic mass is 35.5. The number of rotatable bonds is 4. The standard InChI is InChI=1S/C17H17ClN2OS/c1-11(2)20-9-13-7-15(22-16(13)10-20)17(21)19-8-12-3-5-14(18)6-4-12/h3-7,9-11H,8H2,1-2H3,(H,19,21). The molecule has 114 valence electrons. The minimum absolute atomic E-state index is 0.0350. The van der Waals surface area contributed by atoms with Gasteiger partial charge in [-0.15, -0.1) is 11.3 Å². The summed E-state index contributed by atoms with van der Waals surface area (Å²) in [4.78, 5) is 13.0. The van der Waals surface area contributed by atoms with Crippen molar-refractivity contribution in [2.45, 2.75) is 26.4 Å². The molecule has 0 bridgehead atoms. The van der Waals surface area contributed by atoms with Crippen molar-refractivity contribution in [1.82, 2.24) is 9.88 Å². The van der Waals surface area contributed by atoms with Crippen LogP contribution in [0.4, 0.5) is 0 Å². The number of aromatic nitrogens is 1. The Kier molecular flexibility index (Phi) is 4.23. The number of nitrogens with zero attached hydrogens (tertiary/aromatic N) is 1. The number of hydrogen-bond donors (Lipinski definition) is 1. The molecule has 0 saturated heterocycles. The third-order valence-electron chi connectivity index (χ3n) is 3.53. The minimum atomic E-state index is -0.0350. The molecule has 0 aliphatic heterocycles. The first-order chi connectivity index (χ1) is 10.5. The molecule has 0 spiro atoms. The topological polar surface area (TPSA) is 34.0 Å². The fraction of sp³-hybridized carbons (Fsp3) is 0.235. The van der Waals surface area contributed by atoms with Crippen LogP contribution in [0.25, 0.3) is 10.1 Å². The Bertz CT molecular complexity index is 770. The van der Waals surface area contributed by atoms with Gasteiger partial charge in [-0.25, -0.2) is 0 Å². The molecular weight excluding hydrogens is 316 g/mol. The second-order valence-electron chi connectivity index (χ2n) is 5.54. The first kappa shape index (κ1) is 15.1. The van der Waals surface area contributed by atoms with Gasteiger partial charge in [-0.2, -0.15) is 0 Å². The lowest BCUT2D eigenvalue weighted by Gasteiger charge is -2.05. The van der Waals surface area contributed by atoms with Crippen LogP contribution in [0.1, 0.15) is 35.1 Å². The van der Waals surface area contributed by atoms with E-state index in [9.17, 15) is 4.79 Å². The van der Waals surface area contributed by atoms with Crippen LogP contribution in [-0.4, -0.2) is 10.5 Å². The number of benzene rings is 1.